The molecule has 2 N–H and O–H groups in total. The van der Waals surface area contributed by atoms with E-state index in [4.69, 9.17) is 10.5 Å². The Labute approximate surface area is 158 Å². The summed E-state index contributed by atoms with van der Waals surface area (Å²) in [7, 11) is 0. The maximum atomic E-state index is 12.6. The fourth-order valence-electron chi connectivity index (χ4n) is 2.91. The molecule has 1 atom stereocenters. The van der Waals surface area contributed by atoms with E-state index in [2.05, 4.69) is 11.9 Å². The molecule has 3 rings (SSSR count). The third-order valence-electron chi connectivity index (χ3n) is 4.21. The van der Waals surface area contributed by atoms with E-state index in [-0.39, 0.29) is 24.4 Å². The molecule has 0 bridgehead atoms. The zero-order valence-corrected chi connectivity index (χ0v) is 15.9. The number of likely N-dealkylation sites (tertiary alicyclic amines) is 1. The van der Waals surface area contributed by atoms with Gasteiger partial charge in [0.1, 0.15) is 16.5 Å². The minimum absolute atomic E-state index is 0. The van der Waals surface area contributed by atoms with Crippen LogP contribution in [0.4, 0.5) is 0 Å². The van der Waals surface area contributed by atoms with E-state index >= 15 is 0 Å². The molecular formula is C18H24ClN3O2S. The largest absolute Gasteiger partial charge is 0.494 e. The zero-order chi connectivity index (χ0) is 16.9. The Morgan fingerprint density at radius 3 is 2.84 bits per heavy atom. The first kappa shape index (κ1) is 19.7. The standard InChI is InChI=1S/C18H23N3O2S.ClH/c1-2-10-23-15-7-5-13(6-8-15)17-20-16(12-24-17)18(22)21-9-3-4-14(21)11-19;/h5-8,12,14H,2-4,9-11,19H2,1H3;1H. The van der Waals surface area contributed by atoms with Gasteiger partial charge >= 0.3 is 0 Å². The first-order valence-electron chi connectivity index (χ1n) is 8.42. The Morgan fingerprint density at radius 1 is 1.40 bits per heavy atom. The van der Waals surface area contributed by atoms with Gasteiger partial charge in [-0.05, 0) is 43.5 Å². The first-order valence-corrected chi connectivity index (χ1v) is 9.30. The summed E-state index contributed by atoms with van der Waals surface area (Å²) in [5.74, 6) is 0.852. The topological polar surface area (TPSA) is 68.5 Å². The highest BCUT2D eigenvalue weighted by atomic mass is 35.5. The Morgan fingerprint density at radius 2 is 2.16 bits per heavy atom. The van der Waals surface area contributed by atoms with Gasteiger partial charge in [0.25, 0.3) is 5.91 Å². The fourth-order valence-corrected chi connectivity index (χ4v) is 3.71. The molecule has 1 aliphatic rings. The first-order chi connectivity index (χ1) is 11.7. The van der Waals surface area contributed by atoms with E-state index in [1.54, 1.807) is 0 Å². The van der Waals surface area contributed by atoms with Crippen LogP contribution in [0.5, 0.6) is 5.75 Å². The van der Waals surface area contributed by atoms with Crippen molar-refractivity contribution in [2.75, 3.05) is 19.7 Å². The molecule has 5 nitrogen and oxygen atoms in total. The summed E-state index contributed by atoms with van der Waals surface area (Å²) in [5.41, 5.74) is 7.28. The molecule has 1 aromatic heterocycles. The van der Waals surface area contributed by atoms with Crippen LogP contribution in [-0.2, 0) is 0 Å². The second kappa shape index (κ2) is 9.17. The fraction of sp³-hybridized carbons (Fsp3) is 0.444. The number of carbonyl (C=O) groups excluding carboxylic acids is 1. The quantitative estimate of drug-likeness (QED) is 0.830. The number of hydrogen-bond donors (Lipinski definition) is 1. The van der Waals surface area contributed by atoms with Gasteiger partial charge in [0.05, 0.1) is 6.61 Å². The molecule has 0 spiro atoms. The summed E-state index contributed by atoms with van der Waals surface area (Å²) in [6.45, 7) is 4.09. The number of thiazole rings is 1. The molecule has 2 heterocycles. The number of nitrogens with zero attached hydrogens (tertiary/aromatic N) is 2. The van der Waals surface area contributed by atoms with E-state index < -0.39 is 0 Å². The second-order valence-electron chi connectivity index (χ2n) is 5.94. The number of benzene rings is 1. The molecule has 0 aliphatic carbocycles. The Hall–Kier alpha value is -1.63. The lowest BCUT2D eigenvalue weighted by atomic mass is 10.2. The Balaban J connectivity index is 0.00000225. The number of nitrogens with two attached hydrogens (primary N) is 1. The molecule has 1 amide bonds. The van der Waals surface area contributed by atoms with Gasteiger partial charge in [-0.3, -0.25) is 4.79 Å². The Bertz CT molecular complexity index is 690. The van der Waals surface area contributed by atoms with E-state index in [1.807, 2.05) is 34.5 Å². The highest BCUT2D eigenvalue weighted by Crippen LogP contribution is 2.27. The average Bonchev–Trinajstić information content (AvgIpc) is 3.29. The number of halogens is 1. The highest BCUT2D eigenvalue weighted by Gasteiger charge is 2.29. The minimum Gasteiger partial charge on any atom is -0.494 e. The highest BCUT2D eigenvalue weighted by molar-refractivity contribution is 7.13. The summed E-state index contributed by atoms with van der Waals surface area (Å²) >= 11 is 1.49. The van der Waals surface area contributed by atoms with E-state index in [0.29, 0.717) is 18.8 Å². The summed E-state index contributed by atoms with van der Waals surface area (Å²) in [6.07, 6.45) is 2.99. The van der Waals surface area contributed by atoms with E-state index in [0.717, 1.165) is 42.1 Å². The third-order valence-corrected chi connectivity index (χ3v) is 5.10. The number of hydrogen-bond acceptors (Lipinski definition) is 5. The molecule has 0 saturated carbocycles. The molecule has 1 aliphatic heterocycles. The number of amides is 1. The Kier molecular flexibility index (Phi) is 7.23. The summed E-state index contributed by atoms with van der Waals surface area (Å²) < 4.78 is 5.59. The molecule has 0 radical (unpaired) electrons. The lowest BCUT2D eigenvalue weighted by Crippen LogP contribution is -2.40. The molecule has 2 aromatic rings. The van der Waals surface area contributed by atoms with Crippen LogP contribution in [0, 0.1) is 0 Å². The number of aromatic nitrogens is 1. The van der Waals surface area contributed by atoms with Gasteiger partial charge in [0.2, 0.25) is 0 Å². The van der Waals surface area contributed by atoms with Crippen molar-refractivity contribution in [2.24, 2.45) is 5.73 Å². The van der Waals surface area contributed by atoms with Crippen molar-refractivity contribution < 1.29 is 9.53 Å². The average molecular weight is 382 g/mol. The molecule has 25 heavy (non-hydrogen) atoms. The molecule has 1 fully saturated rings. The third kappa shape index (κ3) is 4.51. The van der Waals surface area contributed by atoms with Crippen molar-refractivity contribution in [1.29, 1.82) is 0 Å². The van der Waals surface area contributed by atoms with Crippen molar-refractivity contribution >= 4 is 29.7 Å². The van der Waals surface area contributed by atoms with Gasteiger partial charge in [-0.2, -0.15) is 0 Å². The lowest BCUT2D eigenvalue weighted by molar-refractivity contribution is 0.0736. The van der Waals surface area contributed by atoms with Crippen LogP contribution in [0.25, 0.3) is 10.6 Å². The van der Waals surface area contributed by atoms with Crippen molar-refractivity contribution in [1.82, 2.24) is 9.88 Å². The number of carbonyl (C=O) groups is 1. The molecule has 1 saturated heterocycles. The van der Waals surface area contributed by atoms with E-state index in [1.165, 1.54) is 11.3 Å². The van der Waals surface area contributed by atoms with Gasteiger partial charge < -0.3 is 15.4 Å². The molecule has 136 valence electrons. The predicted molar refractivity (Wildman–Crippen MR) is 104 cm³/mol. The van der Waals surface area contributed by atoms with Crippen LogP contribution in [0.1, 0.15) is 36.7 Å². The molecule has 1 unspecified atom stereocenters. The maximum absolute atomic E-state index is 12.6. The van der Waals surface area contributed by atoms with Gasteiger partial charge in [0.15, 0.2) is 0 Å². The van der Waals surface area contributed by atoms with Crippen molar-refractivity contribution in [2.45, 2.75) is 32.2 Å². The predicted octanol–water partition coefficient (Wildman–Crippen LogP) is 3.58. The van der Waals surface area contributed by atoms with E-state index in [9.17, 15) is 4.79 Å². The summed E-state index contributed by atoms with van der Waals surface area (Å²) in [6, 6.07) is 8.00. The van der Waals surface area contributed by atoms with Crippen LogP contribution in [0.2, 0.25) is 0 Å². The van der Waals surface area contributed by atoms with Crippen LogP contribution in [-0.4, -0.2) is 41.5 Å². The molecule has 1 aromatic carbocycles. The van der Waals surface area contributed by atoms with Gasteiger partial charge in [-0.1, -0.05) is 6.92 Å². The summed E-state index contributed by atoms with van der Waals surface area (Å²) in [5, 5.41) is 2.69. The summed E-state index contributed by atoms with van der Waals surface area (Å²) in [4.78, 5) is 19.0. The molecule has 7 heteroatoms. The van der Waals surface area contributed by atoms with Crippen molar-refractivity contribution in [3.8, 4) is 16.3 Å². The zero-order valence-electron chi connectivity index (χ0n) is 14.3. The smallest absolute Gasteiger partial charge is 0.273 e. The maximum Gasteiger partial charge on any atom is 0.273 e. The van der Waals surface area contributed by atoms with Gasteiger partial charge in [-0.25, -0.2) is 4.98 Å². The monoisotopic (exact) mass is 381 g/mol. The van der Waals surface area contributed by atoms with Crippen molar-refractivity contribution in [3.63, 3.8) is 0 Å². The van der Waals surface area contributed by atoms with Crippen LogP contribution in [0.15, 0.2) is 29.6 Å². The normalized spacial score (nSPS) is 16.6. The number of ether oxygens (including phenoxy) is 1. The second-order valence-corrected chi connectivity index (χ2v) is 6.80. The SMILES string of the molecule is CCCOc1ccc(-c2nc(C(=O)N3CCCC3CN)cs2)cc1.Cl. The number of rotatable bonds is 6. The molecular weight excluding hydrogens is 358 g/mol. The van der Waals surface area contributed by atoms with Gasteiger partial charge in [0, 0.05) is 30.1 Å². The van der Waals surface area contributed by atoms with Crippen LogP contribution in [0.3, 0.4) is 0 Å². The minimum atomic E-state index is -0.00616. The van der Waals surface area contributed by atoms with Crippen LogP contribution >= 0.6 is 23.7 Å². The van der Waals surface area contributed by atoms with Crippen molar-refractivity contribution in [3.05, 3.63) is 35.3 Å². The van der Waals surface area contributed by atoms with Gasteiger partial charge in [-0.15, -0.1) is 23.7 Å². The lowest BCUT2D eigenvalue weighted by Gasteiger charge is -2.22. The van der Waals surface area contributed by atoms with Crippen LogP contribution < -0.4 is 10.5 Å².